The van der Waals surface area contributed by atoms with E-state index >= 15 is 0 Å². The molecule has 5 heteroatoms. The summed E-state index contributed by atoms with van der Waals surface area (Å²) in [5.74, 6) is 4.29. The minimum Gasteiger partial charge on any atom is -0.368 e. The van der Waals surface area contributed by atoms with Crippen molar-refractivity contribution in [3.05, 3.63) is 17.6 Å². The molecule has 1 aromatic rings. The van der Waals surface area contributed by atoms with E-state index in [2.05, 4.69) is 41.2 Å². The lowest BCUT2D eigenvalue weighted by Crippen LogP contribution is -2.50. The van der Waals surface area contributed by atoms with Gasteiger partial charge in [-0.1, -0.05) is 6.92 Å². The Morgan fingerprint density at radius 1 is 1.47 bits per heavy atom. The largest absolute Gasteiger partial charge is 0.368 e. The fourth-order valence-corrected chi connectivity index (χ4v) is 3.95. The van der Waals surface area contributed by atoms with Crippen LogP contribution >= 0.6 is 11.8 Å². The Morgan fingerprint density at radius 2 is 2.26 bits per heavy atom. The van der Waals surface area contributed by atoms with Gasteiger partial charge in [-0.25, -0.2) is 9.97 Å². The van der Waals surface area contributed by atoms with Crippen LogP contribution in [0.3, 0.4) is 0 Å². The van der Waals surface area contributed by atoms with Crippen molar-refractivity contribution in [2.24, 2.45) is 0 Å². The molecule has 0 radical (unpaired) electrons. The molecule has 2 rings (SSSR count). The second kappa shape index (κ2) is 6.09. The number of aromatic nitrogens is 2. The molecule has 1 aliphatic heterocycles. The van der Waals surface area contributed by atoms with Crippen LogP contribution in [0.25, 0.3) is 0 Å². The Labute approximate surface area is 120 Å². The molecule has 0 aromatic carbocycles. The monoisotopic (exact) mass is 280 g/mol. The maximum absolute atomic E-state index is 4.55. The molecule has 0 unspecified atom stereocenters. The Morgan fingerprint density at radius 3 is 2.84 bits per heavy atom. The van der Waals surface area contributed by atoms with Crippen LogP contribution in [-0.2, 0) is 6.42 Å². The Kier molecular flexibility index (Phi) is 4.68. The third-order valence-corrected chi connectivity index (χ3v) is 5.22. The molecule has 19 heavy (non-hydrogen) atoms. The summed E-state index contributed by atoms with van der Waals surface area (Å²) < 4.78 is 0. The van der Waals surface area contributed by atoms with Crippen LogP contribution in [0.5, 0.6) is 0 Å². The van der Waals surface area contributed by atoms with Crippen LogP contribution in [0, 0.1) is 6.92 Å². The average molecular weight is 280 g/mol. The van der Waals surface area contributed by atoms with Crippen molar-refractivity contribution in [1.82, 2.24) is 14.9 Å². The van der Waals surface area contributed by atoms with Crippen molar-refractivity contribution in [1.29, 1.82) is 0 Å². The van der Waals surface area contributed by atoms with Gasteiger partial charge in [0.25, 0.3) is 0 Å². The number of nitrogens with one attached hydrogen (secondary N) is 1. The van der Waals surface area contributed by atoms with Gasteiger partial charge < -0.3 is 10.2 Å². The molecule has 1 saturated heterocycles. The van der Waals surface area contributed by atoms with Crippen LogP contribution in [0.1, 0.15) is 24.7 Å². The zero-order chi connectivity index (χ0) is 13.9. The van der Waals surface area contributed by atoms with Gasteiger partial charge in [0.2, 0.25) is 0 Å². The van der Waals surface area contributed by atoms with Crippen LogP contribution < -0.4 is 5.32 Å². The van der Waals surface area contributed by atoms with E-state index in [1.54, 1.807) is 0 Å². The number of anilines is 1. The summed E-state index contributed by atoms with van der Waals surface area (Å²) in [6.45, 7) is 5.04. The van der Waals surface area contributed by atoms with Gasteiger partial charge >= 0.3 is 0 Å². The number of likely N-dealkylation sites (N-methyl/N-ethyl adjacent to an activating group) is 1. The van der Waals surface area contributed by atoms with Crippen LogP contribution in [-0.4, -0.2) is 52.6 Å². The molecule has 0 amide bonds. The van der Waals surface area contributed by atoms with Gasteiger partial charge in [0.05, 0.1) is 0 Å². The van der Waals surface area contributed by atoms with E-state index in [0.717, 1.165) is 24.6 Å². The molecule has 1 aromatic heterocycles. The fraction of sp³-hybridized carbons (Fsp3) is 0.714. The number of thioether (sulfide) groups is 1. The van der Waals surface area contributed by atoms with Gasteiger partial charge in [-0.15, -0.1) is 0 Å². The lowest BCUT2D eigenvalue weighted by molar-refractivity contribution is 0.195. The van der Waals surface area contributed by atoms with E-state index in [9.17, 15) is 0 Å². The summed E-state index contributed by atoms with van der Waals surface area (Å²) in [4.78, 5) is 11.2. The van der Waals surface area contributed by atoms with E-state index in [1.807, 2.05) is 24.9 Å². The normalized spacial score (nSPS) is 23.0. The Hall–Kier alpha value is -0.810. The minimum atomic E-state index is 0.258. The molecule has 0 aliphatic carbocycles. The van der Waals surface area contributed by atoms with Crippen LogP contribution in [0.2, 0.25) is 0 Å². The third-order valence-electron chi connectivity index (χ3n) is 3.98. The SMILES string of the molecule is CCc1cnc(C)nc1NC[C@]1(N(C)C)CCSC1. The number of hydrogen-bond donors (Lipinski definition) is 1. The predicted octanol–water partition coefficient (Wildman–Crippen LogP) is 2.20. The number of rotatable bonds is 5. The van der Waals surface area contributed by atoms with E-state index in [1.165, 1.54) is 23.5 Å². The van der Waals surface area contributed by atoms with Gasteiger partial charge in [0.15, 0.2) is 0 Å². The first-order valence-corrected chi connectivity index (χ1v) is 8.04. The highest BCUT2D eigenvalue weighted by atomic mass is 32.2. The van der Waals surface area contributed by atoms with Gasteiger partial charge in [0, 0.05) is 29.6 Å². The van der Waals surface area contributed by atoms with Crippen LogP contribution in [0.4, 0.5) is 5.82 Å². The number of hydrogen-bond acceptors (Lipinski definition) is 5. The Bertz CT molecular complexity index is 427. The van der Waals surface area contributed by atoms with Crippen molar-refractivity contribution in [2.75, 3.05) is 37.5 Å². The summed E-state index contributed by atoms with van der Waals surface area (Å²) in [5.41, 5.74) is 1.46. The molecule has 1 aliphatic rings. The highest BCUT2D eigenvalue weighted by Gasteiger charge is 2.36. The third kappa shape index (κ3) is 3.20. The maximum atomic E-state index is 4.55. The summed E-state index contributed by atoms with van der Waals surface area (Å²) in [5, 5.41) is 3.56. The molecule has 0 saturated carbocycles. The fourth-order valence-electron chi connectivity index (χ4n) is 2.40. The molecule has 4 nitrogen and oxygen atoms in total. The lowest BCUT2D eigenvalue weighted by Gasteiger charge is -2.36. The van der Waals surface area contributed by atoms with E-state index < -0.39 is 0 Å². The standard InChI is InChI=1S/C14H24N4S/c1-5-12-8-15-11(2)17-13(12)16-9-14(18(3)4)6-7-19-10-14/h8H,5-7,9-10H2,1-4H3,(H,15,16,17)/t14-/m1/s1. The summed E-state index contributed by atoms with van der Waals surface area (Å²) in [6, 6.07) is 0. The minimum absolute atomic E-state index is 0.258. The molecule has 1 fully saturated rings. The molecule has 2 heterocycles. The smallest absolute Gasteiger partial charge is 0.132 e. The van der Waals surface area contributed by atoms with Crippen molar-refractivity contribution in [3.63, 3.8) is 0 Å². The predicted molar refractivity (Wildman–Crippen MR) is 83.0 cm³/mol. The number of aryl methyl sites for hydroxylation is 2. The van der Waals surface area contributed by atoms with Gasteiger partial charge in [0.1, 0.15) is 11.6 Å². The summed E-state index contributed by atoms with van der Waals surface area (Å²) in [7, 11) is 4.36. The Balaban J connectivity index is 2.11. The highest BCUT2D eigenvalue weighted by molar-refractivity contribution is 7.99. The van der Waals surface area contributed by atoms with Crippen molar-refractivity contribution in [3.8, 4) is 0 Å². The van der Waals surface area contributed by atoms with Crippen molar-refractivity contribution in [2.45, 2.75) is 32.2 Å². The molecule has 106 valence electrons. The first-order valence-electron chi connectivity index (χ1n) is 6.89. The van der Waals surface area contributed by atoms with Gasteiger partial charge in [-0.05, 0) is 39.6 Å². The van der Waals surface area contributed by atoms with E-state index in [-0.39, 0.29) is 5.54 Å². The molecule has 1 atom stereocenters. The van der Waals surface area contributed by atoms with E-state index in [0.29, 0.717) is 0 Å². The highest BCUT2D eigenvalue weighted by Crippen LogP contribution is 2.32. The molecular weight excluding hydrogens is 256 g/mol. The lowest BCUT2D eigenvalue weighted by atomic mass is 9.97. The van der Waals surface area contributed by atoms with Crippen LogP contribution in [0.15, 0.2) is 6.20 Å². The maximum Gasteiger partial charge on any atom is 0.132 e. The van der Waals surface area contributed by atoms with Gasteiger partial charge in [-0.2, -0.15) is 11.8 Å². The zero-order valence-electron chi connectivity index (χ0n) is 12.4. The zero-order valence-corrected chi connectivity index (χ0v) is 13.2. The molecule has 0 bridgehead atoms. The first-order chi connectivity index (χ1) is 9.07. The van der Waals surface area contributed by atoms with Gasteiger partial charge in [-0.3, -0.25) is 0 Å². The number of nitrogens with zero attached hydrogens (tertiary/aromatic N) is 3. The molecule has 0 spiro atoms. The van der Waals surface area contributed by atoms with E-state index in [4.69, 9.17) is 0 Å². The quantitative estimate of drug-likeness (QED) is 0.895. The summed E-state index contributed by atoms with van der Waals surface area (Å²) in [6.07, 6.45) is 4.14. The second-order valence-corrected chi connectivity index (χ2v) is 6.52. The first kappa shape index (κ1) is 14.6. The molecular formula is C14H24N4S. The average Bonchev–Trinajstić information content (AvgIpc) is 2.86. The van der Waals surface area contributed by atoms with Crippen molar-refractivity contribution < 1.29 is 0 Å². The second-order valence-electron chi connectivity index (χ2n) is 5.42. The molecule has 1 N–H and O–H groups in total. The summed E-state index contributed by atoms with van der Waals surface area (Å²) >= 11 is 2.04. The van der Waals surface area contributed by atoms with Crippen molar-refractivity contribution >= 4 is 17.6 Å². The topological polar surface area (TPSA) is 41.1 Å².